The van der Waals surface area contributed by atoms with Crippen LogP contribution in [0.2, 0.25) is 0 Å². The number of fused-ring (bicyclic) bond motifs is 1. The number of aromatic nitrogens is 1. The molecule has 0 fully saturated rings. The molecule has 3 rings (SSSR count). The molecule has 0 unspecified atom stereocenters. The monoisotopic (exact) mass is 464 g/mol. The Hall–Kier alpha value is -3.18. The first kappa shape index (κ1) is 22.5. The summed E-state index contributed by atoms with van der Waals surface area (Å²) < 4.78 is 41.7. The minimum absolute atomic E-state index is 0.0535. The lowest BCUT2D eigenvalue weighted by Gasteiger charge is -2.09. The Morgan fingerprint density at radius 1 is 1.06 bits per heavy atom. The van der Waals surface area contributed by atoms with Gasteiger partial charge in [0.15, 0.2) is 26.1 Å². The Morgan fingerprint density at radius 3 is 2.32 bits per heavy atom. The standard InChI is InChI=1S/C20H20N2O7S2/c1-27-14-9-13-16(10-15(14)28-2)30-20(22(13)11-18(23)29-3)21-19(24)12-7-5-6-8-17(12)31(4,25)26/h5-10H,11H2,1-4H3. The molecule has 0 spiro atoms. The number of sulfone groups is 1. The van der Waals surface area contributed by atoms with Crippen LogP contribution in [0, 0.1) is 0 Å². The van der Waals surface area contributed by atoms with E-state index in [9.17, 15) is 18.0 Å². The molecule has 2 aromatic carbocycles. The van der Waals surface area contributed by atoms with E-state index in [1.165, 1.54) is 44.1 Å². The summed E-state index contributed by atoms with van der Waals surface area (Å²) in [5, 5.41) is 0. The fourth-order valence-corrected chi connectivity index (χ4v) is 4.86. The zero-order valence-corrected chi connectivity index (χ0v) is 18.9. The minimum Gasteiger partial charge on any atom is -0.493 e. The second-order valence-electron chi connectivity index (χ2n) is 6.41. The van der Waals surface area contributed by atoms with Gasteiger partial charge in [-0.2, -0.15) is 4.99 Å². The zero-order chi connectivity index (χ0) is 22.8. The molecule has 0 saturated heterocycles. The highest BCUT2D eigenvalue weighted by molar-refractivity contribution is 7.90. The van der Waals surface area contributed by atoms with Crippen LogP contribution in [-0.2, 0) is 25.9 Å². The van der Waals surface area contributed by atoms with Gasteiger partial charge in [-0.1, -0.05) is 23.5 Å². The quantitative estimate of drug-likeness (QED) is 0.513. The summed E-state index contributed by atoms with van der Waals surface area (Å²) in [5.74, 6) is -0.376. The van der Waals surface area contributed by atoms with E-state index >= 15 is 0 Å². The Morgan fingerprint density at radius 2 is 1.71 bits per heavy atom. The molecule has 1 aromatic heterocycles. The lowest BCUT2D eigenvalue weighted by Crippen LogP contribution is -2.22. The highest BCUT2D eigenvalue weighted by Gasteiger charge is 2.20. The van der Waals surface area contributed by atoms with E-state index in [1.807, 2.05) is 0 Å². The van der Waals surface area contributed by atoms with Gasteiger partial charge in [0.25, 0.3) is 5.91 Å². The molecule has 0 saturated carbocycles. The van der Waals surface area contributed by atoms with Gasteiger partial charge in [0.2, 0.25) is 0 Å². The number of hydrogen-bond acceptors (Lipinski definition) is 8. The van der Waals surface area contributed by atoms with Crippen molar-refractivity contribution in [3.63, 3.8) is 0 Å². The lowest BCUT2D eigenvalue weighted by atomic mass is 10.2. The van der Waals surface area contributed by atoms with Gasteiger partial charge < -0.3 is 18.8 Å². The van der Waals surface area contributed by atoms with E-state index in [-0.39, 0.29) is 21.8 Å². The summed E-state index contributed by atoms with van der Waals surface area (Å²) >= 11 is 1.14. The van der Waals surface area contributed by atoms with Crippen LogP contribution in [0.3, 0.4) is 0 Å². The second kappa shape index (κ2) is 8.90. The highest BCUT2D eigenvalue weighted by atomic mass is 32.2. The molecular formula is C20H20N2O7S2. The number of ether oxygens (including phenoxy) is 3. The van der Waals surface area contributed by atoms with Gasteiger partial charge >= 0.3 is 5.97 Å². The summed E-state index contributed by atoms with van der Waals surface area (Å²) in [6.45, 7) is -0.203. The van der Waals surface area contributed by atoms with Crippen molar-refractivity contribution in [2.45, 2.75) is 11.4 Å². The summed E-state index contributed by atoms with van der Waals surface area (Å²) in [4.78, 5) is 29.1. The highest BCUT2D eigenvalue weighted by Crippen LogP contribution is 2.33. The van der Waals surface area contributed by atoms with Crippen molar-refractivity contribution in [1.82, 2.24) is 4.57 Å². The topological polar surface area (TPSA) is 113 Å². The van der Waals surface area contributed by atoms with Crippen molar-refractivity contribution >= 4 is 43.3 Å². The van der Waals surface area contributed by atoms with E-state index in [1.54, 1.807) is 18.2 Å². The predicted molar refractivity (Wildman–Crippen MR) is 114 cm³/mol. The Labute approximate surface area is 182 Å². The van der Waals surface area contributed by atoms with Gasteiger partial charge in [-0.15, -0.1) is 0 Å². The van der Waals surface area contributed by atoms with Crippen molar-refractivity contribution in [2.75, 3.05) is 27.6 Å². The summed E-state index contributed by atoms with van der Waals surface area (Å²) in [6.07, 6.45) is 1.02. The van der Waals surface area contributed by atoms with Crippen LogP contribution in [0.25, 0.3) is 10.2 Å². The number of amides is 1. The van der Waals surface area contributed by atoms with Gasteiger partial charge in [-0.25, -0.2) is 8.42 Å². The molecule has 11 heteroatoms. The van der Waals surface area contributed by atoms with Crippen molar-refractivity contribution in [1.29, 1.82) is 0 Å². The third-order valence-electron chi connectivity index (χ3n) is 4.42. The zero-order valence-electron chi connectivity index (χ0n) is 17.2. The number of nitrogens with zero attached hydrogens (tertiary/aromatic N) is 2. The number of thiazole rings is 1. The van der Waals surface area contributed by atoms with Gasteiger partial charge in [0.1, 0.15) is 6.54 Å². The average molecular weight is 465 g/mol. The van der Waals surface area contributed by atoms with E-state index in [0.717, 1.165) is 17.6 Å². The number of carbonyl (C=O) groups is 2. The molecule has 1 heterocycles. The maximum absolute atomic E-state index is 12.9. The molecule has 0 bridgehead atoms. The number of carbonyl (C=O) groups excluding carboxylic acids is 2. The molecule has 3 aromatic rings. The van der Waals surface area contributed by atoms with E-state index in [2.05, 4.69) is 4.99 Å². The molecule has 0 N–H and O–H groups in total. The van der Waals surface area contributed by atoms with Crippen LogP contribution in [0.4, 0.5) is 0 Å². The summed E-state index contributed by atoms with van der Waals surface area (Å²) in [6, 6.07) is 9.21. The van der Waals surface area contributed by atoms with Crippen LogP contribution < -0.4 is 14.3 Å². The largest absolute Gasteiger partial charge is 0.493 e. The number of esters is 1. The second-order valence-corrected chi connectivity index (χ2v) is 9.40. The van der Waals surface area contributed by atoms with Gasteiger partial charge in [-0.3, -0.25) is 9.59 Å². The van der Waals surface area contributed by atoms with Gasteiger partial charge in [0, 0.05) is 18.4 Å². The van der Waals surface area contributed by atoms with Gasteiger partial charge in [-0.05, 0) is 12.1 Å². The Kier molecular flexibility index (Phi) is 6.46. The number of methoxy groups -OCH3 is 3. The van der Waals surface area contributed by atoms with Crippen LogP contribution in [0.5, 0.6) is 11.5 Å². The van der Waals surface area contributed by atoms with Crippen LogP contribution in [0.1, 0.15) is 10.4 Å². The Balaban J connectivity index is 2.26. The molecular weight excluding hydrogens is 444 g/mol. The van der Waals surface area contributed by atoms with E-state index in [0.29, 0.717) is 21.7 Å². The average Bonchev–Trinajstić information content (AvgIpc) is 3.07. The fraction of sp³-hybridized carbons (Fsp3) is 0.250. The third kappa shape index (κ3) is 4.62. The lowest BCUT2D eigenvalue weighted by molar-refractivity contribution is -0.141. The van der Waals surface area contributed by atoms with Crippen LogP contribution in [-0.4, -0.2) is 52.4 Å². The molecule has 9 nitrogen and oxygen atoms in total. The molecule has 0 aliphatic rings. The number of rotatable bonds is 6. The molecule has 0 radical (unpaired) electrons. The maximum Gasteiger partial charge on any atom is 0.325 e. The van der Waals surface area contributed by atoms with Crippen LogP contribution >= 0.6 is 11.3 Å². The number of benzene rings is 2. The normalized spacial score (nSPS) is 12.1. The molecule has 164 valence electrons. The first-order valence-electron chi connectivity index (χ1n) is 8.90. The molecule has 31 heavy (non-hydrogen) atoms. The third-order valence-corrected chi connectivity index (χ3v) is 6.61. The van der Waals surface area contributed by atoms with Crippen molar-refractivity contribution in [3.05, 3.63) is 46.8 Å². The first-order valence-corrected chi connectivity index (χ1v) is 11.6. The van der Waals surface area contributed by atoms with Crippen molar-refractivity contribution in [3.8, 4) is 11.5 Å². The summed E-state index contributed by atoms with van der Waals surface area (Å²) in [7, 11) is 0.598. The predicted octanol–water partition coefficient (Wildman–Crippen LogP) is 2.04. The van der Waals surface area contributed by atoms with Crippen molar-refractivity contribution in [2.24, 2.45) is 4.99 Å². The SMILES string of the molecule is COC(=O)Cn1c(=NC(=O)c2ccccc2S(C)(=O)=O)sc2cc(OC)c(OC)cc21. The Bertz CT molecular complexity index is 1340. The van der Waals surface area contributed by atoms with E-state index < -0.39 is 21.7 Å². The smallest absolute Gasteiger partial charge is 0.325 e. The fourth-order valence-electron chi connectivity index (χ4n) is 2.94. The van der Waals surface area contributed by atoms with Gasteiger partial charge in [0.05, 0.1) is 42.0 Å². The molecule has 0 aliphatic carbocycles. The maximum atomic E-state index is 12.9. The van der Waals surface area contributed by atoms with E-state index in [4.69, 9.17) is 14.2 Å². The minimum atomic E-state index is -3.64. The van der Waals surface area contributed by atoms with Crippen molar-refractivity contribution < 1.29 is 32.2 Å². The molecule has 0 atom stereocenters. The molecule has 1 amide bonds. The first-order chi connectivity index (χ1) is 14.7. The summed E-state index contributed by atoms with van der Waals surface area (Å²) in [5.41, 5.74) is 0.526. The number of hydrogen-bond donors (Lipinski definition) is 0. The molecule has 0 aliphatic heterocycles. The van der Waals surface area contributed by atoms with Crippen LogP contribution in [0.15, 0.2) is 46.3 Å².